The first kappa shape index (κ1) is 106. The number of carbonyl (C=O) groups excluding carboxylic acids is 2. The molecule has 0 radical (unpaired) electrons. The molecule has 0 aliphatic heterocycles. The lowest BCUT2D eigenvalue weighted by molar-refractivity contribution is 0.101. The molecule has 9 rings (SSSR count). The van der Waals surface area contributed by atoms with E-state index in [1.807, 2.05) is 97.1 Å². The van der Waals surface area contributed by atoms with Crippen molar-refractivity contribution in [2.45, 2.75) is 320 Å². The zero-order valence-corrected chi connectivity index (χ0v) is 83.0. The van der Waals surface area contributed by atoms with E-state index in [0.717, 1.165) is 153 Å². The summed E-state index contributed by atoms with van der Waals surface area (Å²) in [5, 5.41) is 6.09. The molecule has 0 fully saturated rings. The molecule has 0 aliphatic rings. The minimum Gasteiger partial charge on any atom is -0.494 e. The topological polar surface area (TPSA) is 123 Å². The Labute approximate surface area is 803 Å². The summed E-state index contributed by atoms with van der Waals surface area (Å²) in [5.41, 5.74) is 13.0. The summed E-state index contributed by atoms with van der Waals surface area (Å²) in [6, 6.07) is 66.6. The van der Waals surface area contributed by atoms with Gasteiger partial charge in [-0.15, -0.1) is 0 Å². The maximum absolute atomic E-state index is 13.2. The molecule has 0 aromatic heterocycles. The Bertz CT molecular complexity index is 4450. The third-order valence-corrected chi connectivity index (χ3v) is 25.2. The standard InChI is InChI=1S/C122H164N2O9/c1-10-13-16-19-22-25-28-31-34-37-88-129-118-110(94-132-116-78-66-106(67-79-116)60-56-102-50-46-100(47-51-102)54-58-104-62-74-112(75-63-104)123-121(125)108-70-82-114(83-71-108)127-91-86-98(8)44-40-42-96(4)5)93-111(119(130-89-38-35-32-29-26-23-20-17-14-11-2)120(118)131-90-39-36-33-30-27-24-21-18-15-12-3)95-133-117-80-68-107(69-81-117)61-57-103-52-48-101(49-53-103)55-59-105-64-76-113(77-65-105)124-122(126)109-72-84-115(85-73-109)128-92-87-99(9)45-41-43-97(6)7/h46-85,93,96-99H,10-45,86-92,94-95H2,1-9H3,(H,123,125)(H,124,126)/b58-54+,59-55+,60-56+,61-57+/t98-,99-/m0/s1. The molecule has 0 bridgehead atoms. The Kier molecular flexibility index (Phi) is 51.4. The second-order valence-electron chi connectivity index (χ2n) is 38.0. The Morgan fingerprint density at radius 1 is 0.241 bits per heavy atom. The third-order valence-electron chi connectivity index (χ3n) is 25.2. The molecule has 11 heteroatoms. The lowest BCUT2D eigenvalue weighted by Crippen LogP contribution is -2.12. The molecule has 0 aliphatic carbocycles. The second kappa shape index (κ2) is 64.4. The molecule has 0 saturated carbocycles. The predicted octanol–water partition coefficient (Wildman–Crippen LogP) is 35.4. The summed E-state index contributed by atoms with van der Waals surface area (Å²) < 4.78 is 47.1. The van der Waals surface area contributed by atoms with Crippen molar-refractivity contribution in [2.75, 3.05) is 43.7 Å². The van der Waals surface area contributed by atoms with Crippen molar-refractivity contribution in [2.24, 2.45) is 23.7 Å². The van der Waals surface area contributed by atoms with Crippen LogP contribution >= 0.6 is 0 Å². The van der Waals surface area contributed by atoms with Gasteiger partial charge in [-0.1, -0.05) is 420 Å². The zero-order chi connectivity index (χ0) is 93.8. The second-order valence-corrected chi connectivity index (χ2v) is 38.0. The minimum atomic E-state index is -0.155. The van der Waals surface area contributed by atoms with E-state index in [1.54, 1.807) is 0 Å². The van der Waals surface area contributed by atoms with E-state index in [0.29, 0.717) is 73.2 Å². The Morgan fingerprint density at radius 2 is 0.474 bits per heavy atom. The number of nitrogens with one attached hydrogen (secondary N) is 2. The fraction of sp³-hybridized carbons (Fsp3) is 0.475. The molecular formula is C122H164N2O9. The van der Waals surface area contributed by atoms with E-state index >= 15 is 0 Å². The van der Waals surface area contributed by atoms with Gasteiger partial charge >= 0.3 is 0 Å². The van der Waals surface area contributed by atoms with Gasteiger partial charge in [0.15, 0.2) is 11.5 Å². The number of carbonyl (C=O) groups is 2. The summed E-state index contributed by atoms with van der Waals surface area (Å²) in [6.45, 7) is 24.1. The SMILES string of the molecule is CCCCCCCCCCCCOc1c(COc2ccc(/C=C/c3ccc(/C=C/c4ccc(NC(=O)c5ccc(OCC[C@@H](C)CCCC(C)C)cc5)cc4)cc3)cc2)cc(COc2ccc(/C=C/c3ccc(/C=C/c4ccc(NC(=O)c5ccc(OCC[C@@H](C)CCCC(C)C)cc5)cc4)cc3)cc2)c(OCCCCCCCCCCCC)c1OCCCCCCCCCCCC. The molecule has 716 valence electrons. The summed E-state index contributed by atoms with van der Waals surface area (Å²) in [5.74, 6) is 7.59. The van der Waals surface area contributed by atoms with Crippen molar-refractivity contribution in [3.63, 3.8) is 0 Å². The van der Waals surface area contributed by atoms with Crippen LogP contribution in [0, 0.1) is 23.7 Å². The van der Waals surface area contributed by atoms with Gasteiger partial charge in [-0.2, -0.15) is 0 Å². The first-order valence-corrected chi connectivity index (χ1v) is 51.9. The average Bonchev–Trinajstić information content (AvgIpc) is 0.786. The van der Waals surface area contributed by atoms with Crippen molar-refractivity contribution in [3.8, 4) is 40.2 Å². The third kappa shape index (κ3) is 44.0. The first-order chi connectivity index (χ1) is 65.1. The van der Waals surface area contributed by atoms with E-state index in [9.17, 15) is 9.59 Å². The van der Waals surface area contributed by atoms with E-state index in [1.165, 1.54) is 193 Å². The van der Waals surface area contributed by atoms with Crippen LogP contribution in [-0.4, -0.2) is 44.8 Å². The molecule has 2 N–H and O–H groups in total. The molecule has 0 spiro atoms. The summed E-state index contributed by atoms with van der Waals surface area (Å²) >= 11 is 0. The highest BCUT2D eigenvalue weighted by Crippen LogP contribution is 2.45. The monoisotopic (exact) mass is 1800 g/mol. The maximum Gasteiger partial charge on any atom is 0.255 e. The van der Waals surface area contributed by atoms with E-state index in [2.05, 4.69) is 225 Å². The number of amides is 2. The molecule has 133 heavy (non-hydrogen) atoms. The van der Waals surface area contributed by atoms with Crippen molar-refractivity contribution in [3.05, 3.63) is 267 Å². The number of unbranched alkanes of at least 4 members (excludes halogenated alkanes) is 27. The molecule has 9 aromatic rings. The van der Waals surface area contributed by atoms with Crippen LogP contribution in [0.15, 0.2) is 200 Å². The fourth-order valence-corrected chi connectivity index (χ4v) is 16.5. The highest BCUT2D eigenvalue weighted by atomic mass is 16.5. The highest BCUT2D eigenvalue weighted by molar-refractivity contribution is 6.05. The average molecular weight is 1800 g/mol. The van der Waals surface area contributed by atoms with E-state index < -0.39 is 0 Å². The van der Waals surface area contributed by atoms with Crippen LogP contribution in [0.25, 0.3) is 48.6 Å². The predicted molar refractivity (Wildman–Crippen MR) is 566 cm³/mol. The number of anilines is 2. The fourth-order valence-electron chi connectivity index (χ4n) is 16.5. The van der Waals surface area contributed by atoms with Crippen LogP contribution in [0.2, 0.25) is 0 Å². The molecule has 11 nitrogen and oxygen atoms in total. The normalized spacial score (nSPS) is 12.1. The van der Waals surface area contributed by atoms with Crippen LogP contribution < -0.4 is 43.8 Å². The molecule has 2 amide bonds. The van der Waals surface area contributed by atoms with Gasteiger partial charge in [0.25, 0.3) is 11.8 Å². The highest BCUT2D eigenvalue weighted by Gasteiger charge is 2.25. The van der Waals surface area contributed by atoms with Gasteiger partial charge in [0.05, 0.1) is 33.0 Å². The van der Waals surface area contributed by atoms with Crippen molar-refractivity contribution >= 4 is 71.8 Å². The van der Waals surface area contributed by atoms with E-state index in [4.69, 9.17) is 33.2 Å². The Morgan fingerprint density at radius 3 is 0.744 bits per heavy atom. The maximum atomic E-state index is 13.2. The van der Waals surface area contributed by atoms with Crippen LogP contribution in [0.3, 0.4) is 0 Å². The van der Waals surface area contributed by atoms with E-state index in [-0.39, 0.29) is 25.0 Å². The largest absolute Gasteiger partial charge is 0.494 e. The van der Waals surface area contributed by atoms with Gasteiger partial charge in [0, 0.05) is 33.6 Å². The number of benzene rings is 9. The Balaban J connectivity index is 0.851. The number of ether oxygens (including phenoxy) is 7. The quantitative estimate of drug-likeness (QED) is 0.0283. The van der Waals surface area contributed by atoms with Gasteiger partial charge in [-0.05, 0) is 203 Å². The van der Waals surface area contributed by atoms with Crippen LogP contribution in [0.1, 0.15) is 383 Å². The van der Waals surface area contributed by atoms with Gasteiger partial charge in [0.1, 0.15) is 36.2 Å². The molecular weight excluding hydrogens is 1640 g/mol. The molecule has 0 heterocycles. The van der Waals surface area contributed by atoms with Crippen LogP contribution in [0.5, 0.6) is 40.2 Å². The first-order valence-electron chi connectivity index (χ1n) is 51.9. The Hall–Kier alpha value is -10.5. The van der Waals surface area contributed by atoms with Gasteiger partial charge in [-0.25, -0.2) is 0 Å². The number of rotatable bonds is 70. The molecule has 0 saturated heterocycles. The van der Waals surface area contributed by atoms with Crippen molar-refractivity contribution < 1.29 is 42.7 Å². The van der Waals surface area contributed by atoms with Gasteiger partial charge in [-0.3, -0.25) is 9.59 Å². The summed E-state index contributed by atoms with van der Waals surface area (Å²) in [7, 11) is 0. The zero-order valence-electron chi connectivity index (χ0n) is 83.0. The lowest BCUT2D eigenvalue weighted by Gasteiger charge is -2.23. The minimum absolute atomic E-state index is 0.155. The van der Waals surface area contributed by atoms with Gasteiger partial charge in [0.2, 0.25) is 5.75 Å². The number of hydrogen-bond acceptors (Lipinski definition) is 9. The summed E-state index contributed by atoms with van der Waals surface area (Å²) in [6.07, 6.45) is 63.7. The lowest BCUT2D eigenvalue weighted by atomic mass is 9.98. The van der Waals surface area contributed by atoms with Crippen molar-refractivity contribution in [1.29, 1.82) is 0 Å². The smallest absolute Gasteiger partial charge is 0.255 e. The van der Waals surface area contributed by atoms with Crippen LogP contribution in [0.4, 0.5) is 11.4 Å². The summed E-state index contributed by atoms with van der Waals surface area (Å²) in [4.78, 5) is 26.4. The van der Waals surface area contributed by atoms with Crippen molar-refractivity contribution in [1.82, 2.24) is 0 Å². The molecule has 0 unspecified atom stereocenters. The number of hydrogen-bond donors (Lipinski definition) is 2. The molecule has 9 aromatic carbocycles. The van der Waals surface area contributed by atoms with Gasteiger partial charge < -0.3 is 43.8 Å². The molecule has 2 atom stereocenters. The van der Waals surface area contributed by atoms with Crippen LogP contribution in [-0.2, 0) is 13.2 Å².